The molecule has 5 rings (SSSR count). The highest BCUT2D eigenvalue weighted by Gasteiger charge is 2.61. The maximum atomic E-state index is 14.5. The second-order valence-electron chi connectivity index (χ2n) is 12.4. The van der Waals surface area contributed by atoms with Gasteiger partial charge in [0.05, 0.1) is 11.6 Å². The molecule has 4 aliphatic rings. The van der Waals surface area contributed by atoms with E-state index < -0.39 is 18.1 Å². The first-order valence-corrected chi connectivity index (χ1v) is 13.5. The SMILES string of the molecule is Cc1cc(C#N)ccc1NC(C1CCC2C3CCC4CC(C)CCC4C3CCC21C)C(F)(F)F. The Hall–Kier alpha value is -1.70. The first-order valence-electron chi connectivity index (χ1n) is 13.5. The molecule has 9 unspecified atom stereocenters. The Labute approximate surface area is 202 Å². The monoisotopic (exact) mass is 472 g/mol. The standard InChI is InChI=1S/C29H39F3N2/c1-17-4-7-21-20(14-17)6-8-23-22(21)12-13-28(3)24(23)9-10-25(28)27(29(30,31)32)34-26-11-5-19(16-33)15-18(26)2/h5,11,15,17,20-25,27,34H,4,6-10,12-14H2,1-3H3. The van der Waals surface area contributed by atoms with Crippen LogP contribution in [0.4, 0.5) is 18.9 Å². The summed E-state index contributed by atoms with van der Waals surface area (Å²) in [4.78, 5) is 0. The number of nitrogens with one attached hydrogen (secondary N) is 1. The van der Waals surface area contributed by atoms with E-state index in [0.29, 0.717) is 35.1 Å². The van der Waals surface area contributed by atoms with E-state index in [1.807, 2.05) is 0 Å². The van der Waals surface area contributed by atoms with Crippen molar-refractivity contribution in [3.05, 3.63) is 29.3 Å². The quantitative estimate of drug-likeness (QED) is 0.482. The van der Waals surface area contributed by atoms with Gasteiger partial charge in [-0.05, 0) is 129 Å². The lowest BCUT2D eigenvalue weighted by Gasteiger charge is -2.57. The van der Waals surface area contributed by atoms with Gasteiger partial charge in [-0.15, -0.1) is 0 Å². The third-order valence-electron chi connectivity index (χ3n) is 10.7. The lowest BCUT2D eigenvalue weighted by atomic mass is 9.49. The molecule has 1 aromatic carbocycles. The summed E-state index contributed by atoms with van der Waals surface area (Å²) < 4.78 is 43.6. The molecular weight excluding hydrogens is 433 g/mol. The van der Waals surface area contributed by atoms with Crippen LogP contribution in [0.2, 0.25) is 0 Å². The van der Waals surface area contributed by atoms with Crippen molar-refractivity contribution in [3.63, 3.8) is 0 Å². The Balaban J connectivity index is 1.39. The van der Waals surface area contributed by atoms with Crippen molar-refractivity contribution in [2.45, 2.75) is 90.8 Å². The number of rotatable bonds is 3. The molecule has 0 aliphatic heterocycles. The Morgan fingerprint density at radius 2 is 1.79 bits per heavy atom. The summed E-state index contributed by atoms with van der Waals surface area (Å²) in [6.07, 6.45) is 5.89. The Bertz CT molecular complexity index is 950. The molecule has 0 amide bonds. The van der Waals surface area contributed by atoms with Crippen molar-refractivity contribution >= 4 is 5.69 Å². The maximum Gasteiger partial charge on any atom is 0.408 e. The Kier molecular flexibility index (Phi) is 6.18. The topological polar surface area (TPSA) is 35.8 Å². The van der Waals surface area contributed by atoms with Gasteiger partial charge < -0.3 is 5.32 Å². The van der Waals surface area contributed by atoms with Gasteiger partial charge in [0.15, 0.2) is 0 Å². The summed E-state index contributed by atoms with van der Waals surface area (Å²) in [6, 6.07) is 5.45. The van der Waals surface area contributed by atoms with Crippen molar-refractivity contribution in [1.82, 2.24) is 0 Å². The Morgan fingerprint density at radius 3 is 2.50 bits per heavy atom. The van der Waals surface area contributed by atoms with Gasteiger partial charge in [0, 0.05) is 5.69 Å². The van der Waals surface area contributed by atoms with Crippen molar-refractivity contribution < 1.29 is 13.2 Å². The van der Waals surface area contributed by atoms with E-state index in [1.54, 1.807) is 25.1 Å². The summed E-state index contributed by atoms with van der Waals surface area (Å²) in [5, 5.41) is 12.1. The number of alkyl halides is 3. The van der Waals surface area contributed by atoms with Crippen LogP contribution < -0.4 is 5.32 Å². The third-order valence-corrected chi connectivity index (χ3v) is 10.7. The summed E-state index contributed by atoms with van der Waals surface area (Å²) in [5.74, 6) is 3.88. The van der Waals surface area contributed by atoms with Crippen LogP contribution in [-0.2, 0) is 0 Å². The molecule has 2 nitrogen and oxygen atoms in total. The maximum absolute atomic E-state index is 14.5. The van der Waals surface area contributed by atoms with Gasteiger partial charge in [-0.1, -0.05) is 20.3 Å². The molecule has 0 bridgehead atoms. The second-order valence-corrected chi connectivity index (χ2v) is 12.4. The smallest absolute Gasteiger partial charge is 0.374 e. The van der Waals surface area contributed by atoms with E-state index in [-0.39, 0.29) is 5.41 Å². The molecular formula is C29H39F3N2. The van der Waals surface area contributed by atoms with Crippen LogP contribution >= 0.6 is 0 Å². The van der Waals surface area contributed by atoms with Gasteiger partial charge >= 0.3 is 6.18 Å². The molecule has 4 fully saturated rings. The van der Waals surface area contributed by atoms with Gasteiger partial charge in [0.25, 0.3) is 0 Å². The number of benzene rings is 1. The van der Waals surface area contributed by atoms with E-state index in [4.69, 9.17) is 5.26 Å². The molecule has 9 atom stereocenters. The van der Waals surface area contributed by atoms with Crippen molar-refractivity contribution in [2.75, 3.05) is 5.32 Å². The minimum absolute atomic E-state index is 0.260. The number of fused-ring (bicyclic) bond motifs is 5. The Morgan fingerprint density at radius 1 is 1.03 bits per heavy atom. The van der Waals surface area contributed by atoms with Gasteiger partial charge in [0.2, 0.25) is 0 Å². The zero-order valence-corrected chi connectivity index (χ0v) is 20.8. The van der Waals surface area contributed by atoms with E-state index in [0.717, 1.165) is 42.9 Å². The normalized spacial score (nSPS) is 40.4. The first-order chi connectivity index (χ1) is 16.1. The summed E-state index contributed by atoms with van der Waals surface area (Å²) in [7, 11) is 0. The average molecular weight is 473 g/mol. The molecule has 0 aromatic heterocycles. The molecule has 0 saturated heterocycles. The fourth-order valence-electron chi connectivity index (χ4n) is 9.15. The molecule has 4 saturated carbocycles. The molecule has 1 N–H and O–H groups in total. The van der Waals surface area contributed by atoms with Crippen molar-refractivity contribution in [2.24, 2.45) is 46.8 Å². The molecule has 5 heteroatoms. The highest BCUT2D eigenvalue weighted by atomic mass is 19.4. The van der Waals surface area contributed by atoms with Crippen LogP contribution in [0.15, 0.2) is 18.2 Å². The van der Waals surface area contributed by atoms with Crippen molar-refractivity contribution in [1.29, 1.82) is 5.26 Å². The van der Waals surface area contributed by atoms with Gasteiger partial charge in [-0.2, -0.15) is 18.4 Å². The molecule has 0 radical (unpaired) electrons. The third kappa shape index (κ3) is 4.03. The first kappa shape index (κ1) is 24.0. The molecule has 4 aliphatic carbocycles. The number of aryl methyl sites for hydroxylation is 1. The molecule has 1 aromatic rings. The highest BCUT2D eigenvalue weighted by molar-refractivity contribution is 5.55. The minimum atomic E-state index is -4.31. The predicted octanol–water partition coefficient (Wildman–Crippen LogP) is 8.11. The summed E-state index contributed by atoms with van der Waals surface area (Å²) in [6.45, 7) is 6.36. The van der Waals surface area contributed by atoms with E-state index in [9.17, 15) is 13.2 Å². The van der Waals surface area contributed by atoms with Crippen LogP contribution in [0, 0.1) is 65.1 Å². The summed E-state index contributed by atoms with van der Waals surface area (Å²) in [5.41, 5.74) is 1.41. The van der Waals surface area contributed by atoms with Crippen molar-refractivity contribution in [3.8, 4) is 6.07 Å². The average Bonchev–Trinajstić information content (AvgIpc) is 3.13. The van der Waals surface area contributed by atoms with Crippen LogP contribution in [0.1, 0.15) is 82.8 Å². The second kappa shape index (κ2) is 8.75. The predicted molar refractivity (Wildman–Crippen MR) is 129 cm³/mol. The fourth-order valence-corrected chi connectivity index (χ4v) is 9.15. The number of nitrogens with zero attached hydrogens (tertiary/aromatic N) is 1. The summed E-state index contributed by atoms with van der Waals surface area (Å²) >= 11 is 0. The number of halogens is 3. The van der Waals surface area contributed by atoms with Gasteiger partial charge in [-0.3, -0.25) is 0 Å². The number of nitriles is 1. The molecule has 34 heavy (non-hydrogen) atoms. The number of hydrogen-bond acceptors (Lipinski definition) is 2. The van der Waals surface area contributed by atoms with Crippen LogP contribution in [0.5, 0.6) is 0 Å². The lowest BCUT2D eigenvalue weighted by molar-refractivity contribution is -0.168. The molecule has 0 spiro atoms. The molecule has 0 heterocycles. The van der Waals surface area contributed by atoms with Crippen LogP contribution in [0.3, 0.4) is 0 Å². The van der Waals surface area contributed by atoms with Gasteiger partial charge in [0.1, 0.15) is 6.04 Å². The zero-order valence-electron chi connectivity index (χ0n) is 20.8. The van der Waals surface area contributed by atoms with E-state index >= 15 is 0 Å². The zero-order chi connectivity index (χ0) is 24.3. The van der Waals surface area contributed by atoms with E-state index in [1.165, 1.54) is 32.1 Å². The molecule has 186 valence electrons. The van der Waals surface area contributed by atoms with Crippen LogP contribution in [-0.4, -0.2) is 12.2 Å². The highest BCUT2D eigenvalue weighted by Crippen LogP contribution is 2.65. The fraction of sp³-hybridized carbons (Fsp3) is 0.759. The number of hydrogen-bond donors (Lipinski definition) is 1. The largest absolute Gasteiger partial charge is 0.408 e. The minimum Gasteiger partial charge on any atom is -0.374 e. The van der Waals surface area contributed by atoms with Crippen LogP contribution in [0.25, 0.3) is 0 Å². The van der Waals surface area contributed by atoms with Gasteiger partial charge in [-0.25, -0.2) is 0 Å². The lowest BCUT2D eigenvalue weighted by Crippen LogP contribution is -2.53. The van der Waals surface area contributed by atoms with E-state index in [2.05, 4.69) is 25.2 Å². The number of anilines is 1.